The van der Waals surface area contributed by atoms with E-state index in [4.69, 9.17) is 17.3 Å². The van der Waals surface area contributed by atoms with Crippen molar-refractivity contribution in [1.29, 1.82) is 0 Å². The number of aromatic nitrogens is 1. The van der Waals surface area contributed by atoms with Crippen LogP contribution in [0.1, 0.15) is 0 Å². The van der Waals surface area contributed by atoms with Gasteiger partial charge in [-0.3, -0.25) is 9.20 Å². The third kappa shape index (κ3) is 1.27. The van der Waals surface area contributed by atoms with E-state index in [2.05, 4.69) is 0 Å². The Bertz CT molecular complexity index is 518. The van der Waals surface area contributed by atoms with Crippen molar-refractivity contribution in [2.75, 3.05) is 5.73 Å². The number of hydrogen-bond donors (Lipinski definition) is 1. The van der Waals surface area contributed by atoms with Gasteiger partial charge in [-0.1, -0.05) is 11.6 Å². The van der Waals surface area contributed by atoms with Crippen LogP contribution in [0, 0.1) is 0 Å². The van der Waals surface area contributed by atoms with Gasteiger partial charge in [0.05, 0.1) is 11.2 Å². The first-order valence-corrected chi connectivity index (χ1v) is 4.13. The van der Waals surface area contributed by atoms with Crippen molar-refractivity contribution in [3.8, 4) is 0 Å². The number of nitrogens with zero attached hydrogens (tertiary/aromatic N) is 1. The summed E-state index contributed by atoms with van der Waals surface area (Å²) < 4.78 is 1.46. The summed E-state index contributed by atoms with van der Waals surface area (Å²) >= 11 is 5.76. The molecule has 2 aromatic rings. The van der Waals surface area contributed by atoms with E-state index in [9.17, 15) is 4.79 Å². The summed E-state index contributed by atoms with van der Waals surface area (Å²) in [5, 5.41) is 0.601. The van der Waals surface area contributed by atoms with Crippen molar-refractivity contribution >= 4 is 22.8 Å². The number of halogens is 1. The van der Waals surface area contributed by atoms with Gasteiger partial charge in [0.2, 0.25) is 0 Å². The fraction of sp³-hybridized carbons (Fsp3) is 0. The van der Waals surface area contributed by atoms with Crippen molar-refractivity contribution in [1.82, 2.24) is 4.40 Å². The van der Waals surface area contributed by atoms with Gasteiger partial charge in [-0.15, -0.1) is 0 Å². The second-order valence-electron chi connectivity index (χ2n) is 2.73. The van der Waals surface area contributed by atoms with Crippen molar-refractivity contribution in [2.45, 2.75) is 0 Å². The van der Waals surface area contributed by atoms with Crippen molar-refractivity contribution in [2.24, 2.45) is 0 Å². The summed E-state index contributed by atoms with van der Waals surface area (Å²) in [5.74, 6) is 0. The predicted molar refractivity (Wildman–Crippen MR) is 53.1 cm³/mol. The first-order valence-electron chi connectivity index (χ1n) is 3.75. The molecule has 0 radical (unpaired) electrons. The van der Waals surface area contributed by atoms with E-state index in [-0.39, 0.29) is 11.2 Å². The number of hydrogen-bond acceptors (Lipinski definition) is 2. The standard InChI is InChI=1S/C9H7ClN2O/c10-6-3-4-12-7(5-6)1-2-8(11)9(12)13/h1-5H,11H2. The molecule has 2 N–H and O–H groups in total. The maximum Gasteiger partial charge on any atom is 0.278 e. The molecule has 2 aromatic heterocycles. The quantitative estimate of drug-likeness (QED) is 0.692. The molecular formula is C9H7ClN2O. The lowest BCUT2D eigenvalue weighted by molar-refractivity contribution is 1.10. The number of nitrogens with two attached hydrogens (primary N) is 1. The Morgan fingerprint density at radius 2 is 2.08 bits per heavy atom. The Balaban J connectivity index is 2.95. The maximum absolute atomic E-state index is 11.4. The molecule has 0 fully saturated rings. The van der Waals surface area contributed by atoms with Crippen LogP contribution < -0.4 is 11.3 Å². The first kappa shape index (κ1) is 8.13. The van der Waals surface area contributed by atoms with E-state index in [1.165, 1.54) is 4.40 Å². The fourth-order valence-corrected chi connectivity index (χ4v) is 1.36. The van der Waals surface area contributed by atoms with Crippen LogP contribution in [0.4, 0.5) is 5.69 Å². The summed E-state index contributed by atoms with van der Waals surface area (Å²) in [6.45, 7) is 0. The van der Waals surface area contributed by atoms with E-state index < -0.39 is 0 Å². The minimum atomic E-state index is -0.214. The third-order valence-electron chi connectivity index (χ3n) is 1.85. The topological polar surface area (TPSA) is 47.5 Å². The van der Waals surface area contributed by atoms with Crippen molar-refractivity contribution < 1.29 is 0 Å². The maximum atomic E-state index is 11.4. The molecule has 0 saturated carbocycles. The molecule has 0 aliphatic carbocycles. The summed E-state index contributed by atoms with van der Waals surface area (Å²) in [6.07, 6.45) is 1.61. The van der Waals surface area contributed by atoms with E-state index in [1.807, 2.05) is 0 Å². The Morgan fingerprint density at radius 1 is 1.31 bits per heavy atom. The Kier molecular flexibility index (Phi) is 1.74. The highest BCUT2D eigenvalue weighted by atomic mass is 35.5. The van der Waals surface area contributed by atoms with Gasteiger partial charge in [0.1, 0.15) is 0 Å². The van der Waals surface area contributed by atoms with Crippen molar-refractivity contribution in [3.63, 3.8) is 0 Å². The Hall–Kier alpha value is -1.48. The molecule has 0 saturated heterocycles. The molecule has 2 heterocycles. The molecule has 4 heteroatoms. The van der Waals surface area contributed by atoms with E-state index in [1.54, 1.807) is 30.5 Å². The number of anilines is 1. The molecule has 0 unspecified atom stereocenters. The molecule has 13 heavy (non-hydrogen) atoms. The summed E-state index contributed by atoms with van der Waals surface area (Å²) in [4.78, 5) is 11.4. The van der Waals surface area contributed by atoms with Crippen LogP contribution in [-0.2, 0) is 0 Å². The number of fused-ring (bicyclic) bond motifs is 1. The van der Waals surface area contributed by atoms with E-state index >= 15 is 0 Å². The Labute approximate surface area is 79.4 Å². The smallest absolute Gasteiger partial charge is 0.278 e. The molecular weight excluding hydrogens is 188 g/mol. The summed E-state index contributed by atoms with van der Waals surface area (Å²) in [5.41, 5.74) is 6.22. The lowest BCUT2D eigenvalue weighted by Gasteiger charge is -2.01. The highest BCUT2D eigenvalue weighted by molar-refractivity contribution is 6.30. The second-order valence-corrected chi connectivity index (χ2v) is 3.17. The normalized spacial score (nSPS) is 10.5. The van der Waals surface area contributed by atoms with Gasteiger partial charge >= 0.3 is 0 Å². The highest BCUT2D eigenvalue weighted by Gasteiger charge is 1.99. The molecule has 0 amide bonds. The lowest BCUT2D eigenvalue weighted by atomic mass is 10.3. The predicted octanol–water partition coefficient (Wildman–Crippen LogP) is 1.54. The zero-order valence-electron chi connectivity index (χ0n) is 6.70. The lowest BCUT2D eigenvalue weighted by Crippen LogP contribution is -2.16. The highest BCUT2D eigenvalue weighted by Crippen LogP contribution is 2.11. The van der Waals surface area contributed by atoms with Gasteiger partial charge in [-0.05, 0) is 24.3 Å². The fourth-order valence-electron chi connectivity index (χ4n) is 1.19. The minimum absolute atomic E-state index is 0.214. The van der Waals surface area contributed by atoms with Crippen LogP contribution in [-0.4, -0.2) is 4.40 Å². The zero-order valence-corrected chi connectivity index (χ0v) is 7.45. The average Bonchev–Trinajstić information content (AvgIpc) is 2.12. The largest absolute Gasteiger partial charge is 0.394 e. The van der Waals surface area contributed by atoms with E-state index in [0.29, 0.717) is 5.02 Å². The summed E-state index contributed by atoms with van der Waals surface area (Å²) in [6, 6.07) is 6.69. The van der Waals surface area contributed by atoms with Gasteiger partial charge < -0.3 is 5.73 Å². The molecule has 66 valence electrons. The van der Waals surface area contributed by atoms with Crippen LogP contribution in [0.3, 0.4) is 0 Å². The van der Waals surface area contributed by atoms with Gasteiger partial charge in [-0.25, -0.2) is 0 Å². The molecule has 0 aliphatic heterocycles. The minimum Gasteiger partial charge on any atom is -0.394 e. The average molecular weight is 195 g/mol. The zero-order chi connectivity index (χ0) is 9.42. The number of pyridine rings is 2. The molecule has 0 aliphatic rings. The van der Waals surface area contributed by atoms with Crippen LogP contribution in [0.25, 0.3) is 5.52 Å². The van der Waals surface area contributed by atoms with Crippen LogP contribution >= 0.6 is 11.6 Å². The molecule has 2 rings (SSSR count). The molecule has 3 nitrogen and oxygen atoms in total. The third-order valence-corrected chi connectivity index (χ3v) is 2.08. The molecule has 0 aromatic carbocycles. The van der Waals surface area contributed by atoms with Crippen LogP contribution in [0.15, 0.2) is 35.3 Å². The van der Waals surface area contributed by atoms with Crippen molar-refractivity contribution in [3.05, 3.63) is 45.8 Å². The van der Waals surface area contributed by atoms with Crippen LogP contribution in [0.2, 0.25) is 5.02 Å². The van der Waals surface area contributed by atoms with Gasteiger partial charge in [0.15, 0.2) is 0 Å². The summed E-state index contributed by atoms with van der Waals surface area (Å²) in [7, 11) is 0. The van der Waals surface area contributed by atoms with Gasteiger partial charge in [0, 0.05) is 11.2 Å². The second kappa shape index (κ2) is 2.78. The molecule has 0 spiro atoms. The molecule has 0 atom stereocenters. The molecule has 0 bridgehead atoms. The van der Waals surface area contributed by atoms with Gasteiger partial charge in [-0.2, -0.15) is 0 Å². The van der Waals surface area contributed by atoms with Gasteiger partial charge in [0.25, 0.3) is 5.56 Å². The van der Waals surface area contributed by atoms with Crippen LogP contribution in [0.5, 0.6) is 0 Å². The Morgan fingerprint density at radius 3 is 2.85 bits per heavy atom. The monoisotopic (exact) mass is 194 g/mol. The SMILES string of the molecule is Nc1ccc2cc(Cl)ccn2c1=O. The first-order chi connectivity index (χ1) is 6.18. The number of rotatable bonds is 0. The number of nitrogen functional groups attached to an aromatic ring is 1. The van der Waals surface area contributed by atoms with E-state index in [0.717, 1.165) is 5.52 Å².